The molecule has 1 aromatic rings. The molecule has 0 aliphatic rings. The Labute approximate surface area is 80.5 Å². The van der Waals surface area contributed by atoms with Crippen molar-refractivity contribution >= 4 is 0 Å². The minimum absolute atomic E-state index is 0.0333. The van der Waals surface area contributed by atoms with Crippen LogP contribution in [0.4, 0.5) is 8.78 Å². The molecule has 0 aliphatic carbocycles. The van der Waals surface area contributed by atoms with E-state index in [-0.39, 0.29) is 5.76 Å². The first-order chi connectivity index (χ1) is 6.31. The van der Waals surface area contributed by atoms with E-state index in [0.29, 0.717) is 5.76 Å². The van der Waals surface area contributed by atoms with E-state index in [4.69, 9.17) is 15.3 Å². The Morgan fingerprint density at radius 1 is 1.50 bits per heavy atom. The van der Waals surface area contributed by atoms with E-state index in [9.17, 15) is 8.78 Å². The largest absolute Gasteiger partial charge is 0.464 e. The SMILES string of the molecule is Cc1ccc([C@](C)(N)C(F)(F)CO)o1. The third-order valence-electron chi connectivity index (χ3n) is 2.21. The summed E-state index contributed by atoms with van der Waals surface area (Å²) >= 11 is 0. The number of hydrogen-bond donors (Lipinski definition) is 2. The summed E-state index contributed by atoms with van der Waals surface area (Å²) in [5.74, 6) is -2.93. The van der Waals surface area contributed by atoms with Crippen LogP contribution in [0.2, 0.25) is 0 Å². The van der Waals surface area contributed by atoms with Gasteiger partial charge in [0.1, 0.15) is 23.7 Å². The third kappa shape index (κ3) is 1.65. The zero-order valence-electron chi connectivity index (χ0n) is 8.05. The molecular formula is C9H13F2NO2. The Morgan fingerprint density at radius 3 is 2.43 bits per heavy atom. The van der Waals surface area contributed by atoms with Crippen LogP contribution in [0.3, 0.4) is 0 Å². The molecule has 3 N–H and O–H groups in total. The Morgan fingerprint density at radius 2 is 2.07 bits per heavy atom. The van der Waals surface area contributed by atoms with Gasteiger partial charge in [-0.15, -0.1) is 0 Å². The van der Waals surface area contributed by atoms with Crippen molar-refractivity contribution in [3.05, 3.63) is 23.7 Å². The number of rotatable bonds is 3. The summed E-state index contributed by atoms with van der Waals surface area (Å²) in [5.41, 5.74) is 3.45. The predicted octanol–water partition coefficient (Wildman–Crippen LogP) is 1.39. The van der Waals surface area contributed by atoms with Crippen LogP contribution < -0.4 is 5.73 Å². The first-order valence-electron chi connectivity index (χ1n) is 4.16. The first-order valence-corrected chi connectivity index (χ1v) is 4.16. The first kappa shape index (κ1) is 11.1. The number of nitrogens with two attached hydrogens (primary N) is 1. The second kappa shape index (κ2) is 3.33. The minimum Gasteiger partial charge on any atom is -0.464 e. The van der Waals surface area contributed by atoms with Crippen molar-refractivity contribution in [2.45, 2.75) is 25.3 Å². The van der Waals surface area contributed by atoms with Gasteiger partial charge in [-0.25, -0.2) is 8.78 Å². The lowest BCUT2D eigenvalue weighted by molar-refractivity contribution is -0.114. The van der Waals surface area contributed by atoms with Crippen molar-refractivity contribution in [3.8, 4) is 0 Å². The van der Waals surface area contributed by atoms with Crippen molar-refractivity contribution in [1.82, 2.24) is 0 Å². The van der Waals surface area contributed by atoms with Gasteiger partial charge in [0.15, 0.2) is 0 Å². The average Bonchev–Trinajstić information content (AvgIpc) is 2.52. The minimum atomic E-state index is -3.41. The lowest BCUT2D eigenvalue weighted by Crippen LogP contribution is -2.52. The van der Waals surface area contributed by atoms with E-state index in [2.05, 4.69) is 0 Å². The highest BCUT2D eigenvalue weighted by molar-refractivity contribution is 5.17. The summed E-state index contributed by atoms with van der Waals surface area (Å²) in [6.45, 7) is 1.46. The van der Waals surface area contributed by atoms with E-state index in [1.165, 1.54) is 6.07 Å². The van der Waals surface area contributed by atoms with E-state index < -0.39 is 18.1 Å². The molecule has 1 aromatic heterocycles. The Kier molecular flexibility index (Phi) is 2.65. The number of hydrogen-bond acceptors (Lipinski definition) is 3. The van der Waals surface area contributed by atoms with Gasteiger partial charge in [-0.3, -0.25) is 0 Å². The van der Waals surface area contributed by atoms with Gasteiger partial charge in [0.2, 0.25) is 0 Å². The number of aliphatic hydroxyl groups excluding tert-OH is 1. The zero-order valence-corrected chi connectivity index (χ0v) is 8.05. The molecule has 0 spiro atoms. The second-order valence-electron chi connectivity index (χ2n) is 3.48. The highest BCUT2D eigenvalue weighted by Crippen LogP contribution is 2.35. The topological polar surface area (TPSA) is 59.4 Å². The fourth-order valence-electron chi connectivity index (χ4n) is 1.06. The van der Waals surface area contributed by atoms with Gasteiger partial charge >= 0.3 is 0 Å². The summed E-state index contributed by atoms with van der Waals surface area (Å²) in [4.78, 5) is 0. The molecule has 5 heteroatoms. The average molecular weight is 205 g/mol. The summed E-state index contributed by atoms with van der Waals surface area (Å²) in [6.07, 6.45) is 0. The molecule has 0 saturated heterocycles. The molecular weight excluding hydrogens is 192 g/mol. The quantitative estimate of drug-likeness (QED) is 0.783. The smallest absolute Gasteiger partial charge is 0.295 e. The second-order valence-corrected chi connectivity index (χ2v) is 3.48. The van der Waals surface area contributed by atoms with E-state index in [1.807, 2.05) is 0 Å². The highest BCUT2D eigenvalue weighted by atomic mass is 19.3. The van der Waals surface area contributed by atoms with Crippen LogP contribution in [0, 0.1) is 6.92 Å². The number of aliphatic hydroxyl groups is 1. The molecule has 1 atom stereocenters. The van der Waals surface area contributed by atoms with Gasteiger partial charge in [0.25, 0.3) is 5.92 Å². The molecule has 80 valence electrons. The van der Waals surface area contributed by atoms with Crippen LogP contribution in [0.15, 0.2) is 16.5 Å². The molecule has 0 amide bonds. The number of furan rings is 1. The monoisotopic (exact) mass is 205 g/mol. The van der Waals surface area contributed by atoms with E-state index in [0.717, 1.165) is 6.92 Å². The van der Waals surface area contributed by atoms with Crippen LogP contribution in [0.5, 0.6) is 0 Å². The van der Waals surface area contributed by atoms with Crippen LogP contribution >= 0.6 is 0 Å². The van der Waals surface area contributed by atoms with Crippen molar-refractivity contribution in [3.63, 3.8) is 0 Å². The van der Waals surface area contributed by atoms with Crippen molar-refractivity contribution in [1.29, 1.82) is 0 Å². The third-order valence-corrected chi connectivity index (χ3v) is 2.21. The Hall–Kier alpha value is -0.940. The Balaban J connectivity index is 3.07. The molecule has 14 heavy (non-hydrogen) atoms. The molecule has 0 bridgehead atoms. The molecule has 3 nitrogen and oxygen atoms in total. The van der Waals surface area contributed by atoms with Gasteiger partial charge in [-0.1, -0.05) is 0 Å². The van der Waals surface area contributed by atoms with Crippen molar-refractivity contribution in [2.75, 3.05) is 6.61 Å². The normalized spacial score (nSPS) is 16.7. The molecule has 1 rings (SSSR count). The molecule has 0 fully saturated rings. The van der Waals surface area contributed by atoms with Gasteiger partial charge in [-0.05, 0) is 26.0 Å². The number of halogens is 2. The fraction of sp³-hybridized carbons (Fsp3) is 0.556. The van der Waals surface area contributed by atoms with Crippen LogP contribution in [0.1, 0.15) is 18.4 Å². The van der Waals surface area contributed by atoms with Crippen molar-refractivity contribution in [2.24, 2.45) is 5.73 Å². The summed E-state index contributed by atoms with van der Waals surface area (Å²) in [5, 5.41) is 8.53. The van der Waals surface area contributed by atoms with Gasteiger partial charge in [-0.2, -0.15) is 0 Å². The van der Waals surface area contributed by atoms with Crippen LogP contribution in [0.25, 0.3) is 0 Å². The predicted molar refractivity (Wildman–Crippen MR) is 47.0 cm³/mol. The zero-order chi connectivity index (χ0) is 11.0. The fourth-order valence-corrected chi connectivity index (χ4v) is 1.06. The molecule has 0 saturated carbocycles. The Bertz CT molecular complexity index is 320. The van der Waals surface area contributed by atoms with E-state index >= 15 is 0 Å². The lowest BCUT2D eigenvalue weighted by Gasteiger charge is -2.30. The van der Waals surface area contributed by atoms with Crippen molar-refractivity contribution < 1.29 is 18.3 Å². The highest BCUT2D eigenvalue weighted by Gasteiger charge is 2.50. The molecule has 0 aromatic carbocycles. The maximum atomic E-state index is 13.2. The molecule has 1 heterocycles. The summed E-state index contributed by atoms with van der Waals surface area (Å²) in [7, 11) is 0. The summed E-state index contributed by atoms with van der Waals surface area (Å²) < 4.78 is 31.4. The lowest BCUT2D eigenvalue weighted by atomic mass is 9.92. The van der Waals surface area contributed by atoms with E-state index in [1.54, 1.807) is 13.0 Å². The van der Waals surface area contributed by atoms with Gasteiger partial charge in [0, 0.05) is 0 Å². The van der Waals surface area contributed by atoms with Crippen LogP contribution in [-0.4, -0.2) is 17.6 Å². The maximum absolute atomic E-state index is 13.2. The molecule has 0 unspecified atom stereocenters. The standard InChI is InChI=1S/C9H13F2NO2/c1-6-3-4-7(14-6)8(2,12)9(10,11)5-13/h3-4,13H,5,12H2,1-2H3/t8-/m0/s1. The van der Waals surface area contributed by atoms with Gasteiger partial charge in [0.05, 0.1) is 0 Å². The number of alkyl halides is 2. The van der Waals surface area contributed by atoms with Crippen LogP contribution in [-0.2, 0) is 5.54 Å². The summed E-state index contributed by atoms with van der Waals surface area (Å²) in [6, 6.07) is 2.94. The molecule has 0 aliphatic heterocycles. The molecule has 0 radical (unpaired) electrons. The maximum Gasteiger partial charge on any atom is 0.295 e. The van der Waals surface area contributed by atoms with Gasteiger partial charge < -0.3 is 15.3 Å². The number of aryl methyl sites for hydroxylation is 1.